The third-order valence-corrected chi connectivity index (χ3v) is 10.2. The Kier molecular flexibility index (Phi) is 4.97. The molecule has 0 amide bonds. The van der Waals surface area contributed by atoms with Gasteiger partial charge in [0.25, 0.3) is 0 Å². The number of methoxy groups -OCH3 is 1. The van der Waals surface area contributed by atoms with E-state index in [1.807, 2.05) is 13.8 Å². The van der Waals surface area contributed by atoms with Gasteiger partial charge in [-0.05, 0) is 106 Å². The van der Waals surface area contributed by atoms with Crippen molar-refractivity contribution in [2.75, 3.05) is 13.7 Å². The largest absolute Gasteiger partial charge is 0.390 e. The molecule has 1 heterocycles. The second-order valence-corrected chi connectivity index (χ2v) is 11.9. The van der Waals surface area contributed by atoms with Crippen LogP contribution in [0.3, 0.4) is 0 Å². The molecule has 4 aliphatic carbocycles. The zero-order valence-electron chi connectivity index (χ0n) is 22.1. The van der Waals surface area contributed by atoms with E-state index in [0.717, 1.165) is 44.2 Å². The number of fused-ring (bicyclic) bond motifs is 5. The molecule has 6 heteroatoms. The predicted molar refractivity (Wildman–Crippen MR) is 122 cm³/mol. The highest BCUT2D eigenvalue weighted by molar-refractivity contribution is 5.82. The first-order chi connectivity index (χ1) is 16.0. The number of nitrogens with zero attached hydrogens (tertiary/aromatic N) is 3. The molecule has 1 aromatic heterocycles. The number of hydrogen-bond acceptors (Lipinski definition) is 5. The number of ether oxygens (including phenoxy) is 1. The predicted octanol–water partition coefficient (Wildman–Crippen LogP) is 4.19. The molecular formula is C26H41N3O3. The van der Waals surface area contributed by atoms with Crippen LogP contribution in [-0.2, 0) is 16.1 Å². The van der Waals surface area contributed by atoms with Crippen molar-refractivity contribution < 1.29 is 17.4 Å². The second kappa shape index (κ2) is 7.90. The fraction of sp³-hybridized carbons (Fsp3) is 0.885. The van der Waals surface area contributed by atoms with E-state index in [0.29, 0.717) is 37.6 Å². The van der Waals surface area contributed by atoms with E-state index in [9.17, 15) is 9.90 Å². The summed E-state index contributed by atoms with van der Waals surface area (Å²) in [4.78, 5) is 13.5. The topological polar surface area (TPSA) is 77.2 Å². The minimum atomic E-state index is -1.72. The van der Waals surface area contributed by atoms with Gasteiger partial charge >= 0.3 is 0 Å². The zero-order chi connectivity index (χ0) is 24.5. The summed E-state index contributed by atoms with van der Waals surface area (Å²) in [6, 6.07) is 0. The van der Waals surface area contributed by atoms with Crippen molar-refractivity contribution in [2.24, 2.45) is 40.4 Å². The van der Waals surface area contributed by atoms with Gasteiger partial charge in [-0.3, -0.25) is 4.79 Å². The molecule has 178 valence electrons. The monoisotopic (exact) mass is 445 g/mol. The van der Waals surface area contributed by atoms with Gasteiger partial charge in [0.15, 0.2) is 5.78 Å². The van der Waals surface area contributed by atoms with Crippen molar-refractivity contribution in [3.63, 3.8) is 0 Å². The first-order valence-corrected chi connectivity index (χ1v) is 12.6. The lowest BCUT2D eigenvalue weighted by Gasteiger charge is -2.62. The van der Waals surface area contributed by atoms with Crippen LogP contribution in [0.4, 0.5) is 0 Å². The van der Waals surface area contributed by atoms with Gasteiger partial charge in [0.05, 0.1) is 26.8 Å². The molecule has 0 radical (unpaired) electrons. The summed E-state index contributed by atoms with van der Waals surface area (Å²) in [5.41, 5.74) is -0.417. The number of aryl methyl sites for hydroxylation is 1. The molecule has 0 aliphatic heterocycles. The van der Waals surface area contributed by atoms with E-state index in [-0.39, 0.29) is 29.0 Å². The second-order valence-electron chi connectivity index (χ2n) is 11.9. The SMILES string of the molecule is [2H]C([2H])(OC)[C@]12CC[C@@](C)(O)C[C@H]1CC[C@H]1[C@@H]3CC[C@H](C(=O)Cn4nncc4C)[C@@]3(C)CC[C@@H]12. The molecule has 0 spiro atoms. The van der Waals surface area contributed by atoms with Crippen LogP contribution in [0.5, 0.6) is 0 Å². The Morgan fingerprint density at radius 2 is 2.03 bits per heavy atom. The molecule has 0 unspecified atom stereocenters. The fourth-order valence-corrected chi connectivity index (χ4v) is 8.72. The number of carbonyl (C=O) groups is 1. The van der Waals surface area contributed by atoms with Crippen LogP contribution in [0.2, 0.25) is 0 Å². The van der Waals surface area contributed by atoms with E-state index in [4.69, 9.17) is 7.48 Å². The zero-order valence-corrected chi connectivity index (χ0v) is 20.1. The number of hydrogen-bond donors (Lipinski definition) is 1. The van der Waals surface area contributed by atoms with E-state index in [2.05, 4.69) is 17.2 Å². The van der Waals surface area contributed by atoms with E-state index in [1.165, 1.54) is 7.11 Å². The van der Waals surface area contributed by atoms with Crippen LogP contribution in [-0.4, -0.2) is 45.2 Å². The first-order valence-electron chi connectivity index (χ1n) is 13.6. The molecule has 0 bridgehead atoms. The summed E-state index contributed by atoms with van der Waals surface area (Å²) in [5, 5.41) is 18.9. The van der Waals surface area contributed by atoms with Gasteiger partial charge in [-0.15, -0.1) is 5.10 Å². The number of rotatable bonds is 5. The standard InChI is InChI=1S/C26H41N3O3/c1-17-14-27-28-29(17)15-23(30)22-8-7-20-19-6-5-18-13-24(2,31)11-12-26(18,16-32-4)21(19)9-10-25(20,22)3/h14,18-22,31H,5-13,15-16H2,1-4H3/t18-,19+,20+,21+,22-,24-,25+,26-/m1/s1/i16D2. The Labute approximate surface area is 195 Å². The molecule has 8 atom stereocenters. The maximum absolute atomic E-state index is 13.5. The van der Waals surface area contributed by atoms with Crippen LogP contribution >= 0.6 is 0 Å². The fourth-order valence-electron chi connectivity index (χ4n) is 8.72. The Bertz CT molecular complexity index is 949. The van der Waals surface area contributed by atoms with Crippen LogP contribution in [0.25, 0.3) is 0 Å². The molecule has 32 heavy (non-hydrogen) atoms. The molecular weight excluding hydrogens is 402 g/mol. The van der Waals surface area contributed by atoms with E-state index < -0.39 is 17.6 Å². The number of Topliss-reactive ketones (excluding diaryl/α,β-unsaturated/α-hetero) is 1. The van der Waals surface area contributed by atoms with Crippen molar-refractivity contribution in [1.29, 1.82) is 0 Å². The van der Waals surface area contributed by atoms with Crippen molar-refractivity contribution in [1.82, 2.24) is 15.0 Å². The maximum Gasteiger partial charge on any atom is 0.157 e. The minimum absolute atomic E-state index is 0.0296. The average Bonchev–Trinajstić information content (AvgIpc) is 3.34. The van der Waals surface area contributed by atoms with Crippen molar-refractivity contribution >= 4 is 5.78 Å². The quantitative estimate of drug-likeness (QED) is 0.735. The van der Waals surface area contributed by atoms with E-state index >= 15 is 0 Å². The molecule has 5 rings (SSSR count). The Balaban J connectivity index is 1.43. The number of aliphatic hydroxyl groups is 1. The minimum Gasteiger partial charge on any atom is -0.390 e. The Hall–Kier alpha value is -1.27. The third-order valence-electron chi connectivity index (χ3n) is 10.2. The smallest absolute Gasteiger partial charge is 0.157 e. The van der Waals surface area contributed by atoms with Crippen LogP contribution in [0.15, 0.2) is 6.20 Å². The lowest BCUT2D eigenvalue weighted by Crippen LogP contribution is -2.58. The lowest BCUT2D eigenvalue weighted by molar-refractivity contribution is -0.175. The summed E-state index contributed by atoms with van der Waals surface area (Å²) >= 11 is 0. The molecule has 1 N–H and O–H groups in total. The van der Waals surface area contributed by atoms with Gasteiger partial charge in [0.1, 0.15) is 6.54 Å². The summed E-state index contributed by atoms with van der Waals surface area (Å²) in [6.45, 7) is 4.74. The average molecular weight is 446 g/mol. The van der Waals surface area contributed by atoms with Gasteiger partial charge in [-0.1, -0.05) is 12.1 Å². The number of aromatic nitrogens is 3. The Morgan fingerprint density at radius 3 is 2.75 bits per heavy atom. The van der Waals surface area contributed by atoms with Crippen molar-refractivity contribution in [3.8, 4) is 0 Å². The summed E-state index contributed by atoms with van der Waals surface area (Å²) < 4.78 is 25.3. The van der Waals surface area contributed by atoms with Gasteiger partial charge < -0.3 is 9.84 Å². The molecule has 4 fully saturated rings. The molecule has 4 saturated carbocycles. The summed E-state index contributed by atoms with van der Waals surface area (Å²) in [6.07, 6.45) is 9.49. The van der Waals surface area contributed by atoms with Gasteiger partial charge in [-0.2, -0.15) is 0 Å². The van der Waals surface area contributed by atoms with Crippen molar-refractivity contribution in [2.45, 2.75) is 90.7 Å². The van der Waals surface area contributed by atoms with Crippen molar-refractivity contribution in [3.05, 3.63) is 11.9 Å². The first kappa shape index (κ1) is 20.1. The summed E-state index contributed by atoms with van der Waals surface area (Å²) in [5.74, 6) is 1.51. The third kappa shape index (κ3) is 3.39. The van der Waals surface area contributed by atoms with Crippen LogP contribution < -0.4 is 0 Å². The summed E-state index contributed by atoms with van der Waals surface area (Å²) in [7, 11) is 1.51. The highest BCUT2D eigenvalue weighted by Crippen LogP contribution is 2.68. The molecule has 0 aromatic carbocycles. The lowest BCUT2D eigenvalue weighted by atomic mass is 9.43. The molecule has 6 nitrogen and oxygen atoms in total. The molecule has 0 saturated heterocycles. The van der Waals surface area contributed by atoms with Gasteiger partial charge in [0.2, 0.25) is 0 Å². The highest BCUT2D eigenvalue weighted by Gasteiger charge is 2.63. The van der Waals surface area contributed by atoms with E-state index in [1.54, 1.807) is 10.9 Å². The normalized spacial score (nSPS) is 47.1. The number of carbonyl (C=O) groups excluding carboxylic acids is 1. The van der Waals surface area contributed by atoms with Gasteiger partial charge in [-0.25, -0.2) is 4.68 Å². The molecule has 1 aromatic rings. The van der Waals surface area contributed by atoms with Crippen LogP contribution in [0, 0.1) is 47.3 Å². The Morgan fingerprint density at radius 1 is 1.22 bits per heavy atom. The molecule has 4 aliphatic rings. The van der Waals surface area contributed by atoms with Crippen LogP contribution in [0.1, 0.15) is 80.1 Å². The maximum atomic E-state index is 13.5. The van der Waals surface area contributed by atoms with Gasteiger partial charge in [0, 0.05) is 13.0 Å². The number of ketones is 1. The highest BCUT2D eigenvalue weighted by atomic mass is 16.5.